The largest absolute Gasteiger partial charge is 0.478 e. The van der Waals surface area contributed by atoms with Crippen molar-refractivity contribution in [3.63, 3.8) is 0 Å². The Bertz CT molecular complexity index is 918. The topological polar surface area (TPSA) is 153 Å². The van der Waals surface area contributed by atoms with Crippen LogP contribution in [0.2, 0.25) is 0 Å². The molecule has 0 unspecified atom stereocenters. The molecule has 0 fully saturated rings. The fraction of sp³-hybridized carbons (Fsp3) is 0.125. The molecule has 134 valence electrons. The highest BCUT2D eigenvalue weighted by molar-refractivity contribution is 6.06. The number of nitro groups is 2. The monoisotopic (exact) mass is 359 g/mol. The quantitative estimate of drug-likeness (QED) is 0.614. The summed E-state index contributed by atoms with van der Waals surface area (Å²) in [7, 11) is 0. The van der Waals surface area contributed by atoms with E-state index in [-0.39, 0.29) is 22.4 Å². The Kier molecular flexibility index (Phi) is 4.96. The molecule has 1 amide bonds. The first-order valence-electron chi connectivity index (χ1n) is 7.20. The van der Waals surface area contributed by atoms with Gasteiger partial charge in [-0.3, -0.25) is 25.0 Å². The van der Waals surface area contributed by atoms with E-state index >= 15 is 0 Å². The molecule has 0 bridgehead atoms. The maximum absolute atomic E-state index is 12.4. The van der Waals surface area contributed by atoms with Gasteiger partial charge in [0.1, 0.15) is 5.56 Å². The summed E-state index contributed by atoms with van der Waals surface area (Å²) in [5, 5.41) is 33.6. The summed E-state index contributed by atoms with van der Waals surface area (Å²) < 4.78 is 0. The number of amides is 1. The van der Waals surface area contributed by atoms with Gasteiger partial charge < -0.3 is 10.4 Å². The van der Waals surface area contributed by atoms with Crippen LogP contribution in [0.1, 0.15) is 31.8 Å². The number of anilines is 1. The Morgan fingerprint density at radius 3 is 1.96 bits per heavy atom. The SMILES string of the molecule is Cc1ccc(C(=O)O)cc1NC(=O)c1cc([N+](=O)[O-])c(C)c([N+](=O)[O-])c1. The number of nitrogens with one attached hydrogen (secondary N) is 1. The van der Waals surface area contributed by atoms with E-state index in [4.69, 9.17) is 5.11 Å². The third-order valence-electron chi connectivity index (χ3n) is 3.74. The molecule has 0 radical (unpaired) electrons. The van der Waals surface area contributed by atoms with Gasteiger partial charge in [-0.25, -0.2) is 4.79 Å². The lowest BCUT2D eigenvalue weighted by atomic mass is 10.1. The highest BCUT2D eigenvalue weighted by Gasteiger charge is 2.25. The van der Waals surface area contributed by atoms with Crippen molar-refractivity contribution >= 4 is 28.9 Å². The van der Waals surface area contributed by atoms with Gasteiger partial charge in [-0.1, -0.05) is 6.07 Å². The van der Waals surface area contributed by atoms with Crippen molar-refractivity contribution in [3.8, 4) is 0 Å². The van der Waals surface area contributed by atoms with E-state index < -0.39 is 33.1 Å². The molecule has 0 saturated heterocycles. The predicted octanol–water partition coefficient (Wildman–Crippen LogP) is 3.07. The molecular weight excluding hydrogens is 346 g/mol. The van der Waals surface area contributed by atoms with Crippen molar-refractivity contribution in [1.82, 2.24) is 0 Å². The van der Waals surface area contributed by atoms with Gasteiger partial charge in [0, 0.05) is 17.8 Å². The second-order valence-electron chi connectivity index (χ2n) is 5.44. The number of carboxylic acids is 1. The molecule has 0 aliphatic carbocycles. The van der Waals surface area contributed by atoms with Crippen molar-refractivity contribution in [1.29, 1.82) is 0 Å². The number of hydrogen-bond donors (Lipinski definition) is 2. The predicted molar refractivity (Wildman–Crippen MR) is 90.6 cm³/mol. The van der Waals surface area contributed by atoms with Gasteiger partial charge in [-0.2, -0.15) is 0 Å². The Balaban J connectivity index is 2.48. The van der Waals surface area contributed by atoms with Gasteiger partial charge in [-0.05, 0) is 31.5 Å². The number of aromatic carboxylic acids is 1. The molecule has 0 atom stereocenters. The summed E-state index contributed by atoms with van der Waals surface area (Å²) in [6.07, 6.45) is 0. The van der Waals surface area contributed by atoms with Crippen molar-refractivity contribution < 1.29 is 24.5 Å². The van der Waals surface area contributed by atoms with Crippen LogP contribution in [-0.2, 0) is 0 Å². The number of nitrogens with zero attached hydrogens (tertiary/aromatic N) is 2. The molecule has 10 nitrogen and oxygen atoms in total. The number of carbonyl (C=O) groups excluding carboxylic acids is 1. The van der Waals surface area contributed by atoms with Gasteiger partial charge in [0.25, 0.3) is 17.3 Å². The van der Waals surface area contributed by atoms with Gasteiger partial charge in [0.05, 0.1) is 21.0 Å². The molecule has 0 saturated carbocycles. The lowest BCUT2D eigenvalue weighted by Crippen LogP contribution is -2.14. The highest BCUT2D eigenvalue weighted by atomic mass is 16.6. The van der Waals surface area contributed by atoms with E-state index in [2.05, 4.69) is 5.32 Å². The zero-order chi connectivity index (χ0) is 19.6. The van der Waals surface area contributed by atoms with Crippen LogP contribution in [0.4, 0.5) is 17.1 Å². The molecule has 26 heavy (non-hydrogen) atoms. The molecular formula is C16H13N3O7. The summed E-state index contributed by atoms with van der Waals surface area (Å²) in [6, 6.07) is 5.95. The lowest BCUT2D eigenvalue weighted by molar-refractivity contribution is -0.395. The van der Waals surface area contributed by atoms with Gasteiger partial charge in [-0.15, -0.1) is 0 Å². The number of carboxylic acid groups (broad SMARTS) is 1. The van der Waals surface area contributed by atoms with E-state index in [1.54, 1.807) is 6.92 Å². The van der Waals surface area contributed by atoms with E-state index in [1.165, 1.54) is 25.1 Å². The first kappa shape index (κ1) is 18.5. The molecule has 2 aromatic rings. The number of aryl methyl sites for hydroxylation is 1. The smallest absolute Gasteiger partial charge is 0.335 e. The summed E-state index contributed by atoms with van der Waals surface area (Å²) in [6.45, 7) is 2.85. The first-order chi connectivity index (χ1) is 12.1. The van der Waals surface area contributed by atoms with E-state index in [1.807, 2.05) is 0 Å². The molecule has 0 heterocycles. The summed E-state index contributed by atoms with van der Waals surface area (Å²) >= 11 is 0. The molecule has 0 spiro atoms. The number of hydrogen-bond acceptors (Lipinski definition) is 6. The minimum atomic E-state index is -1.19. The van der Waals surface area contributed by atoms with Crippen LogP contribution in [0.3, 0.4) is 0 Å². The van der Waals surface area contributed by atoms with Crippen LogP contribution < -0.4 is 5.32 Å². The molecule has 2 rings (SSSR count). The normalized spacial score (nSPS) is 10.2. The van der Waals surface area contributed by atoms with Crippen LogP contribution in [-0.4, -0.2) is 26.8 Å². The number of benzene rings is 2. The summed E-state index contributed by atoms with van der Waals surface area (Å²) in [5.74, 6) is -2.02. The second kappa shape index (κ2) is 6.97. The second-order valence-corrected chi connectivity index (χ2v) is 5.44. The van der Waals surface area contributed by atoms with Crippen LogP contribution in [0.25, 0.3) is 0 Å². The van der Waals surface area contributed by atoms with Crippen LogP contribution in [0.5, 0.6) is 0 Å². The maximum atomic E-state index is 12.4. The minimum Gasteiger partial charge on any atom is -0.478 e. The van der Waals surface area contributed by atoms with Gasteiger partial charge >= 0.3 is 5.97 Å². The van der Waals surface area contributed by atoms with E-state index in [0.717, 1.165) is 12.1 Å². The fourth-order valence-corrected chi connectivity index (χ4v) is 2.28. The molecule has 0 aliphatic heterocycles. The van der Waals surface area contributed by atoms with Crippen LogP contribution >= 0.6 is 0 Å². The number of nitro benzene ring substituents is 2. The van der Waals surface area contributed by atoms with Crippen molar-refractivity contribution in [3.05, 3.63) is 72.8 Å². The number of carbonyl (C=O) groups is 2. The van der Waals surface area contributed by atoms with Crippen molar-refractivity contribution in [2.75, 3.05) is 5.32 Å². The zero-order valence-electron chi connectivity index (χ0n) is 13.7. The minimum absolute atomic E-state index is 0.0632. The van der Waals surface area contributed by atoms with Gasteiger partial charge in [0.2, 0.25) is 0 Å². The lowest BCUT2D eigenvalue weighted by Gasteiger charge is -2.10. The molecule has 10 heteroatoms. The Morgan fingerprint density at radius 1 is 0.962 bits per heavy atom. The highest BCUT2D eigenvalue weighted by Crippen LogP contribution is 2.30. The van der Waals surface area contributed by atoms with E-state index in [9.17, 15) is 29.8 Å². The third kappa shape index (κ3) is 3.64. The van der Waals surface area contributed by atoms with Gasteiger partial charge in [0.15, 0.2) is 0 Å². The van der Waals surface area contributed by atoms with Crippen LogP contribution in [0.15, 0.2) is 30.3 Å². The number of rotatable bonds is 5. The first-order valence-corrected chi connectivity index (χ1v) is 7.20. The van der Waals surface area contributed by atoms with Crippen LogP contribution in [0, 0.1) is 34.1 Å². The van der Waals surface area contributed by atoms with E-state index in [0.29, 0.717) is 5.56 Å². The fourth-order valence-electron chi connectivity index (χ4n) is 2.28. The summed E-state index contributed by atoms with van der Waals surface area (Å²) in [4.78, 5) is 44.0. The third-order valence-corrected chi connectivity index (χ3v) is 3.74. The Hall–Kier alpha value is -3.82. The molecule has 0 aliphatic rings. The molecule has 0 aromatic heterocycles. The molecule has 2 N–H and O–H groups in total. The molecule has 2 aromatic carbocycles. The Labute approximate surface area is 146 Å². The zero-order valence-corrected chi connectivity index (χ0v) is 13.7. The Morgan fingerprint density at radius 2 is 1.50 bits per heavy atom. The summed E-state index contributed by atoms with van der Waals surface area (Å²) in [5.41, 5.74) is -0.887. The van der Waals surface area contributed by atoms with Crippen molar-refractivity contribution in [2.45, 2.75) is 13.8 Å². The average Bonchev–Trinajstić information content (AvgIpc) is 2.56. The van der Waals surface area contributed by atoms with Crippen molar-refractivity contribution in [2.24, 2.45) is 0 Å². The average molecular weight is 359 g/mol. The standard InChI is InChI=1S/C16H13N3O7/c1-8-3-4-10(16(21)22)5-12(8)17-15(20)11-6-13(18(23)24)9(2)14(7-11)19(25)26/h3-7H,1-2H3,(H,17,20)(H,21,22). The maximum Gasteiger partial charge on any atom is 0.335 e.